The molecule has 4 aromatic heterocycles. The number of fused-ring (bicyclic) bond motifs is 3. The quantitative estimate of drug-likeness (QED) is 0.146. The molecule has 1 atom stereocenters. The van der Waals surface area contributed by atoms with Crippen LogP contribution in [0, 0.1) is 13.8 Å². The molecule has 1 aromatic carbocycles. The third-order valence-corrected chi connectivity index (χ3v) is 9.44. The maximum atomic E-state index is 12.9. The van der Waals surface area contributed by atoms with Crippen LogP contribution in [0.2, 0.25) is 0 Å². The number of aldehydes is 1. The summed E-state index contributed by atoms with van der Waals surface area (Å²) in [5.74, 6) is 1.23. The molecule has 2 aliphatic rings. The zero-order valence-electron chi connectivity index (χ0n) is 29.0. The van der Waals surface area contributed by atoms with Gasteiger partial charge in [0.05, 0.1) is 56.7 Å². The average Bonchev–Trinajstić information content (AvgIpc) is 3.51. The molecule has 14 nitrogen and oxygen atoms in total. The summed E-state index contributed by atoms with van der Waals surface area (Å²) in [4.78, 5) is 41.6. The molecule has 16 heteroatoms. The number of benzene rings is 1. The Balaban J connectivity index is 1.20. The fourth-order valence-electron chi connectivity index (χ4n) is 6.96. The average molecular weight is 678 g/mol. The van der Waals surface area contributed by atoms with E-state index in [1.807, 2.05) is 43.1 Å². The van der Waals surface area contributed by atoms with Crippen molar-refractivity contribution in [1.82, 2.24) is 45.1 Å². The number of anilines is 5. The van der Waals surface area contributed by atoms with Gasteiger partial charge in [-0.05, 0) is 43.8 Å². The van der Waals surface area contributed by atoms with E-state index in [1.165, 1.54) is 0 Å². The van der Waals surface area contributed by atoms with Crippen molar-refractivity contribution in [3.8, 4) is 11.1 Å². The summed E-state index contributed by atoms with van der Waals surface area (Å²) in [5.41, 5.74) is 7.03. The number of para-hydroxylation sites is 1. The molecule has 4 radical (unpaired) electrons. The van der Waals surface area contributed by atoms with Crippen molar-refractivity contribution in [2.24, 2.45) is 0 Å². The number of carbonyl (C=O) groups is 2. The highest BCUT2D eigenvalue weighted by Crippen LogP contribution is 2.50. The van der Waals surface area contributed by atoms with Gasteiger partial charge in [0, 0.05) is 61.8 Å². The van der Waals surface area contributed by atoms with Gasteiger partial charge in [-0.25, -0.2) is 15.0 Å². The van der Waals surface area contributed by atoms with Crippen LogP contribution in [0.5, 0.6) is 0 Å². The second kappa shape index (κ2) is 13.2. The van der Waals surface area contributed by atoms with E-state index in [1.54, 1.807) is 31.3 Å². The lowest BCUT2D eigenvalue weighted by Crippen LogP contribution is -2.60. The first-order valence-corrected chi connectivity index (χ1v) is 16.7. The van der Waals surface area contributed by atoms with Crippen LogP contribution in [-0.4, -0.2) is 94.9 Å². The number of pyridine rings is 1. The third kappa shape index (κ3) is 6.09. The summed E-state index contributed by atoms with van der Waals surface area (Å²) in [5, 5.41) is 21.5. The number of amides is 1. The largest absolute Gasteiger partial charge is 0.364 e. The number of rotatable bonds is 10. The minimum atomic E-state index is -1.34. The van der Waals surface area contributed by atoms with Gasteiger partial charge in [0.25, 0.3) is 5.91 Å². The van der Waals surface area contributed by atoms with Crippen LogP contribution in [0.3, 0.4) is 0 Å². The SMILES string of the molecule is [B]C([B])(c1cccc(C=O)n1)N1CC(n2ncc3c2C(CC)N(C)c2c(Nc4cc(Nc5cc(C)nc(C)n5)nnc4C(=O)NC)cccc2-3)C1. The van der Waals surface area contributed by atoms with Gasteiger partial charge in [0.2, 0.25) is 0 Å². The monoisotopic (exact) mass is 678 g/mol. The standard InChI is InChI=1S/C35H36B2N12O2/c1-6-27-33-24(15-39-49(33)22-16-48(17-22)35(36,37)28-12-7-9-21(18-50)42-28)23-10-8-11-25(32(23)47(27)5)43-26-14-30(45-46-31(26)34(51)38-4)44-29-13-19(2)40-20(3)41-29/h7-15,18,22,27H,6,16-17H2,1-5H3,(H,38,51)(H2,40,41,43,44,45). The van der Waals surface area contributed by atoms with Crippen LogP contribution in [0.1, 0.15) is 69.3 Å². The Bertz CT molecular complexity index is 2130. The second-order valence-electron chi connectivity index (χ2n) is 12.8. The molecule has 0 aliphatic carbocycles. The van der Waals surface area contributed by atoms with Crippen LogP contribution in [0.15, 0.2) is 54.7 Å². The van der Waals surface area contributed by atoms with Gasteiger partial charge < -0.3 is 25.8 Å². The summed E-state index contributed by atoms with van der Waals surface area (Å²) in [6.07, 6.45) is 3.41. The van der Waals surface area contributed by atoms with Crippen molar-refractivity contribution in [3.63, 3.8) is 0 Å². The van der Waals surface area contributed by atoms with E-state index in [9.17, 15) is 9.59 Å². The molecular formula is C35H36B2N12O2. The summed E-state index contributed by atoms with van der Waals surface area (Å²) >= 11 is 0. The molecule has 1 fully saturated rings. The first kappa shape index (κ1) is 33.8. The van der Waals surface area contributed by atoms with E-state index in [0.29, 0.717) is 48.2 Å². The molecule has 0 bridgehead atoms. The second-order valence-corrected chi connectivity index (χ2v) is 12.8. The number of nitrogens with zero attached hydrogens (tertiary/aromatic N) is 9. The molecule has 1 amide bonds. The maximum Gasteiger partial charge on any atom is 0.273 e. The minimum absolute atomic E-state index is 0.00565. The molecule has 6 heterocycles. The fraction of sp³-hybridized carbons (Fsp3) is 0.314. The van der Waals surface area contributed by atoms with Gasteiger partial charge in [-0.15, -0.1) is 10.2 Å². The number of aromatic nitrogens is 7. The van der Waals surface area contributed by atoms with Gasteiger partial charge >= 0.3 is 0 Å². The molecule has 1 saturated heterocycles. The van der Waals surface area contributed by atoms with Crippen molar-refractivity contribution >= 4 is 56.6 Å². The summed E-state index contributed by atoms with van der Waals surface area (Å²) in [7, 11) is 16.8. The van der Waals surface area contributed by atoms with Crippen molar-refractivity contribution in [1.29, 1.82) is 0 Å². The number of hydrogen-bond donors (Lipinski definition) is 3. The number of likely N-dealkylation sites (tertiary alicyclic amines) is 1. The minimum Gasteiger partial charge on any atom is -0.364 e. The maximum absolute atomic E-state index is 12.9. The molecule has 7 rings (SSSR count). The number of aryl methyl sites for hydroxylation is 2. The molecule has 5 aromatic rings. The van der Waals surface area contributed by atoms with E-state index in [4.69, 9.17) is 20.8 Å². The zero-order chi connectivity index (χ0) is 36.0. The number of hydrogen-bond acceptors (Lipinski definition) is 12. The lowest BCUT2D eigenvalue weighted by Gasteiger charge is -2.50. The van der Waals surface area contributed by atoms with Crippen molar-refractivity contribution in [3.05, 3.63) is 89.0 Å². The van der Waals surface area contributed by atoms with Crippen molar-refractivity contribution in [2.45, 2.75) is 44.6 Å². The van der Waals surface area contributed by atoms with E-state index in [0.717, 1.165) is 40.3 Å². The van der Waals surface area contributed by atoms with Crippen LogP contribution < -0.4 is 20.9 Å². The Labute approximate surface area is 298 Å². The molecule has 51 heavy (non-hydrogen) atoms. The van der Waals surface area contributed by atoms with Gasteiger partial charge in [-0.3, -0.25) is 14.3 Å². The highest BCUT2D eigenvalue weighted by Gasteiger charge is 2.42. The van der Waals surface area contributed by atoms with E-state index < -0.39 is 5.34 Å². The van der Waals surface area contributed by atoms with E-state index >= 15 is 0 Å². The topological polar surface area (TPSA) is 159 Å². The van der Waals surface area contributed by atoms with Gasteiger partial charge in [0.1, 0.15) is 17.3 Å². The summed E-state index contributed by atoms with van der Waals surface area (Å²) < 4.78 is 2.09. The van der Waals surface area contributed by atoms with Crippen molar-refractivity contribution < 1.29 is 9.59 Å². The van der Waals surface area contributed by atoms with Crippen LogP contribution in [0.4, 0.5) is 28.7 Å². The van der Waals surface area contributed by atoms with Crippen LogP contribution >= 0.6 is 0 Å². The predicted octanol–water partition coefficient (Wildman–Crippen LogP) is 3.71. The molecule has 0 spiro atoms. The summed E-state index contributed by atoms with van der Waals surface area (Å²) in [6.45, 7) is 6.98. The first-order chi connectivity index (χ1) is 24.5. The Morgan fingerprint density at radius 2 is 1.76 bits per heavy atom. The van der Waals surface area contributed by atoms with Gasteiger partial charge in [-0.2, -0.15) is 5.10 Å². The normalized spacial score (nSPS) is 15.8. The van der Waals surface area contributed by atoms with E-state index in [-0.39, 0.29) is 29.4 Å². The molecule has 3 N–H and O–H groups in total. The van der Waals surface area contributed by atoms with Crippen LogP contribution in [0.25, 0.3) is 11.1 Å². The molecular weight excluding hydrogens is 642 g/mol. The molecule has 0 saturated carbocycles. The highest BCUT2D eigenvalue weighted by molar-refractivity contribution is 6.39. The Hall–Kier alpha value is -5.63. The Morgan fingerprint density at radius 1 is 0.980 bits per heavy atom. The predicted molar refractivity (Wildman–Crippen MR) is 196 cm³/mol. The summed E-state index contributed by atoms with van der Waals surface area (Å²) in [6, 6.07) is 14.7. The molecule has 254 valence electrons. The lowest BCUT2D eigenvalue weighted by atomic mass is 9.57. The van der Waals surface area contributed by atoms with E-state index in [2.05, 4.69) is 70.7 Å². The van der Waals surface area contributed by atoms with Crippen molar-refractivity contribution in [2.75, 3.05) is 42.7 Å². The highest BCUT2D eigenvalue weighted by atomic mass is 16.1. The van der Waals surface area contributed by atoms with Crippen LogP contribution in [-0.2, 0) is 5.34 Å². The number of nitrogens with one attached hydrogen (secondary N) is 3. The molecule has 1 unspecified atom stereocenters. The van der Waals surface area contributed by atoms with Gasteiger partial charge in [-0.1, -0.05) is 25.1 Å². The smallest absolute Gasteiger partial charge is 0.273 e. The molecule has 2 aliphatic heterocycles. The lowest BCUT2D eigenvalue weighted by molar-refractivity contribution is 0.0614. The first-order valence-electron chi connectivity index (χ1n) is 16.7. The number of carbonyl (C=O) groups excluding carboxylic acids is 2. The Kier molecular flexibility index (Phi) is 8.79. The Morgan fingerprint density at radius 3 is 2.49 bits per heavy atom. The third-order valence-electron chi connectivity index (χ3n) is 9.44. The fourth-order valence-corrected chi connectivity index (χ4v) is 6.96. The zero-order valence-corrected chi connectivity index (χ0v) is 29.0. The van der Waals surface area contributed by atoms with Gasteiger partial charge in [0.15, 0.2) is 17.8 Å².